The lowest BCUT2D eigenvalue weighted by Crippen LogP contribution is -2.48. The Morgan fingerprint density at radius 1 is 1.07 bits per heavy atom. The third-order valence-corrected chi connectivity index (χ3v) is 7.71. The third-order valence-electron chi connectivity index (χ3n) is 7.24. The number of aliphatic hydroxyl groups is 1. The number of ketones is 1. The van der Waals surface area contributed by atoms with Gasteiger partial charge < -0.3 is 9.84 Å². The molecule has 1 saturated carbocycles. The van der Waals surface area contributed by atoms with Gasteiger partial charge in [0.05, 0.1) is 52.4 Å². The maximum Gasteiger partial charge on any atom is 0.257 e. The second-order valence-corrected chi connectivity index (χ2v) is 11.0. The van der Waals surface area contributed by atoms with Gasteiger partial charge in [-0.1, -0.05) is 42.8 Å². The van der Waals surface area contributed by atoms with Crippen molar-refractivity contribution in [3.8, 4) is 0 Å². The van der Waals surface area contributed by atoms with Crippen molar-refractivity contribution >= 4 is 34.9 Å². The first kappa shape index (κ1) is 28.9. The summed E-state index contributed by atoms with van der Waals surface area (Å²) in [6.45, 7) is -0.222. The van der Waals surface area contributed by atoms with Gasteiger partial charge in [-0.2, -0.15) is 5.10 Å². The number of pyridine rings is 1. The molecule has 0 radical (unpaired) electrons. The molecule has 1 atom stereocenters. The Balaban J connectivity index is 0.00000337. The number of hydrogen-bond acceptors (Lipinski definition) is 6. The Hall–Kier alpha value is -3.63. The van der Waals surface area contributed by atoms with Crippen molar-refractivity contribution in [3.05, 3.63) is 116 Å². The van der Waals surface area contributed by atoms with Crippen molar-refractivity contribution in [1.29, 1.82) is 0 Å². The fourth-order valence-corrected chi connectivity index (χ4v) is 5.20. The molecule has 2 aromatic heterocycles. The lowest BCUT2D eigenvalue weighted by Gasteiger charge is -2.40. The highest BCUT2D eigenvalue weighted by atomic mass is 35.5. The predicted molar refractivity (Wildman–Crippen MR) is 151 cm³/mol. The van der Waals surface area contributed by atoms with Crippen LogP contribution in [0.4, 0.5) is 4.39 Å². The second-order valence-electron chi connectivity index (χ2n) is 10.1. The summed E-state index contributed by atoms with van der Waals surface area (Å²) in [5, 5.41) is 15.6. The first-order valence-electron chi connectivity index (χ1n) is 12.5. The number of aryl methyl sites for hydroxylation is 1. The molecule has 41 heavy (non-hydrogen) atoms. The van der Waals surface area contributed by atoms with Gasteiger partial charge in [-0.3, -0.25) is 24.2 Å². The molecule has 1 aliphatic carbocycles. The average molecular weight is 597 g/mol. The summed E-state index contributed by atoms with van der Waals surface area (Å²) in [4.78, 5) is 33.1. The van der Waals surface area contributed by atoms with E-state index in [2.05, 4.69) is 10.1 Å². The van der Waals surface area contributed by atoms with Gasteiger partial charge in [0.25, 0.3) is 5.91 Å². The molecule has 0 unspecified atom stereocenters. The molecule has 1 fully saturated rings. The average Bonchev–Trinajstić information content (AvgIpc) is 3.43. The van der Waals surface area contributed by atoms with Crippen molar-refractivity contribution < 1.29 is 23.8 Å². The largest absolute Gasteiger partial charge is 0.387 e. The smallest absolute Gasteiger partial charge is 0.257 e. The van der Waals surface area contributed by atoms with E-state index in [1.54, 1.807) is 43.4 Å². The highest BCUT2D eigenvalue weighted by molar-refractivity contribution is 6.30. The standard InChI is InChI=1S/C29H23Cl2FN4O4.CH4/c1-35-14-18(12-34-35)26(37)17-10-23-25(24(32)11-17)29(40-16-28(39)8-9-28,19-2-4-20(30)5-3-19)36(27(23)38)15-22-7-6-21(31)13-33-22;/h2-7,10-14,39H,8-9,15-16H2,1H3;1H4/t29-;/m1./s1. The molecule has 0 saturated heterocycles. The molecule has 6 rings (SSSR count). The van der Waals surface area contributed by atoms with E-state index in [1.165, 1.54) is 34.2 Å². The van der Waals surface area contributed by atoms with E-state index >= 15 is 4.39 Å². The van der Waals surface area contributed by atoms with Crippen LogP contribution in [-0.4, -0.2) is 48.7 Å². The molecule has 11 heteroatoms. The van der Waals surface area contributed by atoms with Crippen molar-refractivity contribution in [3.63, 3.8) is 0 Å². The Morgan fingerprint density at radius 3 is 2.39 bits per heavy atom. The monoisotopic (exact) mass is 596 g/mol. The normalized spacial score (nSPS) is 18.7. The summed E-state index contributed by atoms with van der Waals surface area (Å²) in [7, 11) is 1.66. The van der Waals surface area contributed by atoms with Gasteiger partial charge in [0.15, 0.2) is 11.5 Å². The van der Waals surface area contributed by atoms with Crippen LogP contribution in [0.3, 0.4) is 0 Å². The molecule has 212 valence electrons. The van der Waals surface area contributed by atoms with E-state index < -0.39 is 28.8 Å². The van der Waals surface area contributed by atoms with Crippen molar-refractivity contribution in [2.45, 2.75) is 38.1 Å². The number of halogens is 3. The topological polar surface area (TPSA) is 97.6 Å². The summed E-state index contributed by atoms with van der Waals surface area (Å²) in [5.41, 5.74) is -1.80. The summed E-state index contributed by atoms with van der Waals surface area (Å²) < 4.78 is 24.2. The molecular weight excluding hydrogens is 570 g/mol. The van der Waals surface area contributed by atoms with Crippen LogP contribution in [0, 0.1) is 5.82 Å². The van der Waals surface area contributed by atoms with E-state index in [4.69, 9.17) is 27.9 Å². The molecule has 1 aliphatic heterocycles. The number of carbonyl (C=O) groups is 2. The zero-order valence-corrected chi connectivity index (χ0v) is 22.8. The first-order valence-corrected chi connectivity index (χ1v) is 13.3. The number of amides is 1. The Labute approximate surface area is 246 Å². The molecule has 2 aliphatic rings. The van der Waals surface area contributed by atoms with Crippen LogP contribution in [0.25, 0.3) is 0 Å². The van der Waals surface area contributed by atoms with E-state index in [9.17, 15) is 14.7 Å². The zero-order valence-electron chi connectivity index (χ0n) is 21.3. The predicted octanol–water partition coefficient (Wildman–Crippen LogP) is 5.53. The van der Waals surface area contributed by atoms with E-state index in [0.717, 1.165) is 6.07 Å². The highest BCUT2D eigenvalue weighted by Gasteiger charge is 2.56. The highest BCUT2D eigenvalue weighted by Crippen LogP contribution is 2.49. The summed E-state index contributed by atoms with van der Waals surface area (Å²) >= 11 is 12.2. The van der Waals surface area contributed by atoms with Crippen molar-refractivity contribution in [2.75, 3.05) is 6.61 Å². The molecule has 1 N–H and O–H groups in total. The summed E-state index contributed by atoms with van der Waals surface area (Å²) in [5.74, 6) is -1.85. The fourth-order valence-electron chi connectivity index (χ4n) is 4.96. The maximum absolute atomic E-state index is 16.3. The Bertz CT molecular complexity index is 1640. The minimum atomic E-state index is -1.78. The quantitative estimate of drug-likeness (QED) is 0.269. The molecule has 2 aromatic carbocycles. The molecule has 3 heterocycles. The maximum atomic E-state index is 16.3. The molecule has 4 aromatic rings. The van der Waals surface area contributed by atoms with Gasteiger partial charge in [-0.15, -0.1) is 0 Å². The molecule has 0 spiro atoms. The zero-order chi connectivity index (χ0) is 28.2. The second kappa shape index (κ2) is 10.6. The number of fused-ring (bicyclic) bond motifs is 1. The molecule has 8 nitrogen and oxygen atoms in total. The van der Waals surface area contributed by atoms with Crippen LogP contribution in [0.15, 0.2) is 67.1 Å². The fraction of sp³-hybridized carbons (Fsp3) is 0.267. The first-order chi connectivity index (χ1) is 19.1. The minimum absolute atomic E-state index is 0. The molecule has 1 amide bonds. The Morgan fingerprint density at radius 2 is 1.78 bits per heavy atom. The van der Waals surface area contributed by atoms with Crippen LogP contribution in [0.1, 0.15) is 63.4 Å². The number of nitrogens with zero attached hydrogens (tertiary/aromatic N) is 4. The van der Waals surface area contributed by atoms with E-state index in [1.807, 2.05) is 0 Å². The number of carbonyl (C=O) groups excluding carboxylic acids is 2. The lowest BCUT2D eigenvalue weighted by molar-refractivity contribution is -0.139. The van der Waals surface area contributed by atoms with Crippen LogP contribution < -0.4 is 0 Å². The van der Waals surface area contributed by atoms with Gasteiger partial charge in [-0.05, 0) is 49.2 Å². The number of ether oxygens (including phenoxy) is 1. The number of aromatic nitrogens is 3. The van der Waals surface area contributed by atoms with Crippen LogP contribution in [0.5, 0.6) is 0 Å². The van der Waals surface area contributed by atoms with Crippen molar-refractivity contribution in [1.82, 2.24) is 19.7 Å². The summed E-state index contributed by atoms with van der Waals surface area (Å²) in [6, 6.07) is 12.3. The number of hydrogen-bond donors (Lipinski definition) is 1. The summed E-state index contributed by atoms with van der Waals surface area (Å²) in [6.07, 6.45) is 5.39. The Kier molecular flexibility index (Phi) is 7.50. The number of benzene rings is 2. The van der Waals surface area contributed by atoms with Crippen LogP contribution >= 0.6 is 23.2 Å². The van der Waals surface area contributed by atoms with Gasteiger partial charge >= 0.3 is 0 Å². The molecule has 0 bridgehead atoms. The van der Waals surface area contributed by atoms with E-state index in [0.29, 0.717) is 34.1 Å². The lowest BCUT2D eigenvalue weighted by atomic mass is 9.90. The van der Waals surface area contributed by atoms with Gasteiger partial charge in [0, 0.05) is 35.6 Å². The van der Waals surface area contributed by atoms with Gasteiger partial charge in [0.1, 0.15) is 5.82 Å². The van der Waals surface area contributed by atoms with E-state index in [-0.39, 0.29) is 42.8 Å². The number of rotatable bonds is 8. The van der Waals surface area contributed by atoms with Crippen LogP contribution in [-0.2, 0) is 24.1 Å². The minimum Gasteiger partial charge on any atom is -0.387 e. The molecular formula is C30H27Cl2FN4O4. The third kappa shape index (κ3) is 5.15. The SMILES string of the molecule is C.Cn1cc(C(=O)c2cc(F)c3c(c2)C(=O)N(Cc2ccc(Cl)cn2)[C@@]3(OCC2(O)CC2)c2ccc(Cl)cc2)cn1. The van der Waals surface area contributed by atoms with Gasteiger partial charge in [-0.25, -0.2) is 4.39 Å². The van der Waals surface area contributed by atoms with Crippen LogP contribution in [0.2, 0.25) is 10.0 Å². The van der Waals surface area contributed by atoms with Crippen molar-refractivity contribution in [2.24, 2.45) is 7.05 Å². The van der Waals surface area contributed by atoms with Gasteiger partial charge in [0.2, 0.25) is 0 Å².